The number of fused-ring (bicyclic) bond motifs is 2. The summed E-state index contributed by atoms with van der Waals surface area (Å²) in [5.41, 5.74) is 2.38. The zero-order valence-electron chi connectivity index (χ0n) is 15.8. The summed E-state index contributed by atoms with van der Waals surface area (Å²) in [6.07, 6.45) is 4.83. The first-order chi connectivity index (χ1) is 13.2. The fraction of sp³-hybridized carbons (Fsp3) is 0.348. The lowest BCUT2D eigenvalue weighted by Crippen LogP contribution is -2.27. The molecular formula is C23H23N3O. The van der Waals surface area contributed by atoms with Crippen molar-refractivity contribution in [3.05, 3.63) is 70.0 Å². The highest BCUT2D eigenvalue weighted by molar-refractivity contribution is 5.79. The predicted molar refractivity (Wildman–Crippen MR) is 107 cm³/mol. The maximum atomic E-state index is 13.0. The van der Waals surface area contributed by atoms with Gasteiger partial charge < -0.3 is 0 Å². The predicted octanol–water partition coefficient (Wildman–Crippen LogP) is 3.80. The lowest BCUT2D eigenvalue weighted by molar-refractivity contribution is 0.310. The Bertz CT molecular complexity index is 1090. The van der Waals surface area contributed by atoms with Crippen LogP contribution in [0.2, 0.25) is 0 Å². The van der Waals surface area contributed by atoms with Crippen molar-refractivity contribution in [2.45, 2.75) is 39.7 Å². The van der Waals surface area contributed by atoms with E-state index in [0.717, 1.165) is 48.4 Å². The van der Waals surface area contributed by atoms with Gasteiger partial charge in [-0.1, -0.05) is 32.3 Å². The highest BCUT2D eigenvalue weighted by atomic mass is 16.1. The highest BCUT2D eigenvalue weighted by Crippen LogP contribution is 2.26. The van der Waals surface area contributed by atoms with E-state index in [9.17, 15) is 4.79 Å². The molecule has 0 radical (unpaired) electrons. The molecule has 1 aromatic carbocycles. The van der Waals surface area contributed by atoms with Gasteiger partial charge >= 0.3 is 0 Å². The second-order valence-electron chi connectivity index (χ2n) is 7.32. The number of aryl methyl sites for hydroxylation is 1. The number of rotatable bonds is 1. The van der Waals surface area contributed by atoms with Crippen LogP contribution in [0.15, 0.2) is 47.4 Å². The number of nitrogens with zero attached hydrogens (tertiary/aromatic N) is 3. The van der Waals surface area contributed by atoms with Gasteiger partial charge in [0.1, 0.15) is 11.5 Å². The van der Waals surface area contributed by atoms with Crippen LogP contribution >= 0.6 is 0 Å². The summed E-state index contributed by atoms with van der Waals surface area (Å²) < 4.78 is 1.89. The van der Waals surface area contributed by atoms with Crippen molar-refractivity contribution in [3.63, 3.8) is 0 Å². The molecule has 4 heteroatoms. The summed E-state index contributed by atoms with van der Waals surface area (Å²) in [7, 11) is 0. The average Bonchev–Trinajstić information content (AvgIpc) is 2.85. The van der Waals surface area contributed by atoms with Gasteiger partial charge in [-0.05, 0) is 54.5 Å². The van der Waals surface area contributed by atoms with Crippen molar-refractivity contribution in [2.24, 2.45) is 11.8 Å². The number of hydrogen-bond donors (Lipinski definition) is 0. The van der Waals surface area contributed by atoms with Crippen LogP contribution in [0.1, 0.15) is 43.8 Å². The molecule has 3 aromatic rings. The van der Waals surface area contributed by atoms with Crippen LogP contribution in [0.5, 0.6) is 0 Å². The topological polar surface area (TPSA) is 47.8 Å². The van der Waals surface area contributed by atoms with Gasteiger partial charge in [-0.15, -0.1) is 0 Å². The minimum absolute atomic E-state index is 0.0721. The van der Waals surface area contributed by atoms with Crippen LogP contribution < -0.4 is 5.56 Å². The molecule has 1 aliphatic rings. The van der Waals surface area contributed by atoms with Crippen molar-refractivity contribution in [1.29, 1.82) is 0 Å². The second-order valence-corrected chi connectivity index (χ2v) is 7.32. The van der Waals surface area contributed by atoms with E-state index in [2.05, 4.69) is 30.7 Å². The molecule has 0 fully saturated rings. The van der Waals surface area contributed by atoms with Gasteiger partial charge in [0.25, 0.3) is 5.56 Å². The molecule has 0 spiro atoms. The normalized spacial score (nSPS) is 19.0. The SMILES string of the molecule is CCC1CCc2nc3cc(C#Cc4ccccn4)ccc3c(=O)n2CC1C. The molecule has 0 aliphatic carbocycles. The van der Waals surface area contributed by atoms with Gasteiger partial charge in [0.15, 0.2) is 0 Å². The first-order valence-electron chi connectivity index (χ1n) is 9.62. The number of benzene rings is 1. The van der Waals surface area contributed by atoms with E-state index in [-0.39, 0.29) is 5.56 Å². The summed E-state index contributed by atoms with van der Waals surface area (Å²) in [5, 5.41) is 0.671. The van der Waals surface area contributed by atoms with E-state index in [1.165, 1.54) is 0 Å². The summed E-state index contributed by atoms with van der Waals surface area (Å²) in [6.45, 7) is 5.24. The summed E-state index contributed by atoms with van der Waals surface area (Å²) >= 11 is 0. The number of aromatic nitrogens is 3. The molecule has 4 nitrogen and oxygen atoms in total. The maximum absolute atomic E-state index is 13.0. The molecule has 2 atom stereocenters. The van der Waals surface area contributed by atoms with E-state index in [4.69, 9.17) is 4.98 Å². The molecule has 1 aliphatic heterocycles. The van der Waals surface area contributed by atoms with Gasteiger partial charge in [-0.3, -0.25) is 9.36 Å². The van der Waals surface area contributed by atoms with Crippen LogP contribution in [-0.2, 0) is 13.0 Å². The van der Waals surface area contributed by atoms with Crippen LogP contribution in [0.3, 0.4) is 0 Å². The van der Waals surface area contributed by atoms with E-state index < -0.39 is 0 Å². The first-order valence-corrected chi connectivity index (χ1v) is 9.62. The summed E-state index contributed by atoms with van der Waals surface area (Å²) in [6, 6.07) is 11.3. The fourth-order valence-corrected chi connectivity index (χ4v) is 3.94. The quantitative estimate of drug-likeness (QED) is 0.623. The Hall–Kier alpha value is -2.93. The largest absolute Gasteiger partial charge is 0.296 e. The van der Waals surface area contributed by atoms with Crippen LogP contribution in [0.4, 0.5) is 0 Å². The number of hydrogen-bond acceptors (Lipinski definition) is 3. The van der Waals surface area contributed by atoms with Gasteiger partial charge in [0.2, 0.25) is 0 Å². The Balaban J connectivity index is 1.75. The van der Waals surface area contributed by atoms with Crippen LogP contribution in [-0.4, -0.2) is 14.5 Å². The lowest BCUT2D eigenvalue weighted by atomic mass is 9.88. The minimum atomic E-state index is 0.0721. The van der Waals surface area contributed by atoms with E-state index >= 15 is 0 Å². The molecular weight excluding hydrogens is 334 g/mol. The Morgan fingerprint density at radius 3 is 2.89 bits per heavy atom. The average molecular weight is 357 g/mol. The lowest BCUT2D eigenvalue weighted by Gasteiger charge is -2.19. The van der Waals surface area contributed by atoms with Gasteiger partial charge in [-0.2, -0.15) is 0 Å². The molecule has 0 saturated carbocycles. The van der Waals surface area contributed by atoms with E-state index in [1.807, 2.05) is 41.0 Å². The van der Waals surface area contributed by atoms with Crippen molar-refractivity contribution >= 4 is 10.9 Å². The Morgan fingerprint density at radius 2 is 2.11 bits per heavy atom. The van der Waals surface area contributed by atoms with E-state index in [0.29, 0.717) is 17.2 Å². The monoisotopic (exact) mass is 357 g/mol. The molecule has 27 heavy (non-hydrogen) atoms. The highest BCUT2D eigenvalue weighted by Gasteiger charge is 2.23. The third kappa shape index (κ3) is 3.50. The third-order valence-corrected chi connectivity index (χ3v) is 5.57. The van der Waals surface area contributed by atoms with Crippen molar-refractivity contribution in [1.82, 2.24) is 14.5 Å². The zero-order chi connectivity index (χ0) is 18.8. The minimum Gasteiger partial charge on any atom is -0.296 e. The molecule has 0 amide bonds. The first kappa shape index (κ1) is 17.5. The zero-order valence-corrected chi connectivity index (χ0v) is 15.8. The molecule has 2 unspecified atom stereocenters. The maximum Gasteiger partial charge on any atom is 0.261 e. The van der Waals surface area contributed by atoms with E-state index in [1.54, 1.807) is 6.20 Å². The van der Waals surface area contributed by atoms with Crippen molar-refractivity contribution < 1.29 is 0 Å². The second kappa shape index (κ2) is 7.36. The van der Waals surface area contributed by atoms with Crippen LogP contribution in [0.25, 0.3) is 10.9 Å². The third-order valence-electron chi connectivity index (χ3n) is 5.57. The Morgan fingerprint density at radius 1 is 1.22 bits per heavy atom. The molecule has 3 heterocycles. The van der Waals surface area contributed by atoms with Gasteiger partial charge in [0, 0.05) is 24.7 Å². The Labute approximate surface area is 159 Å². The molecule has 4 rings (SSSR count). The van der Waals surface area contributed by atoms with Crippen LogP contribution in [0, 0.1) is 23.7 Å². The van der Waals surface area contributed by atoms with Gasteiger partial charge in [0.05, 0.1) is 10.9 Å². The Kier molecular flexibility index (Phi) is 4.77. The summed E-state index contributed by atoms with van der Waals surface area (Å²) in [4.78, 5) is 22.1. The number of pyridine rings is 1. The van der Waals surface area contributed by atoms with Gasteiger partial charge in [-0.25, -0.2) is 9.97 Å². The molecule has 0 bridgehead atoms. The smallest absolute Gasteiger partial charge is 0.261 e. The molecule has 136 valence electrons. The standard InChI is InChI=1S/C23H23N3O/c1-3-18-9-12-22-25-21-14-17(7-10-19-6-4-5-13-24-19)8-11-20(21)23(27)26(22)15-16(18)2/h4-6,8,11,13-14,16,18H,3,9,12,15H2,1-2H3. The summed E-state index contributed by atoms with van der Waals surface area (Å²) in [5.74, 6) is 8.24. The van der Waals surface area contributed by atoms with Crippen molar-refractivity contribution in [2.75, 3.05) is 0 Å². The van der Waals surface area contributed by atoms with Crippen molar-refractivity contribution in [3.8, 4) is 11.8 Å². The fourth-order valence-electron chi connectivity index (χ4n) is 3.94. The molecule has 0 saturated heterocycles. The molecule has 0 N–H and O–H groups in total. The molecule has 2 aromatic heterocycles.